The number of anilines is 1. The van der Waals surface area contributed by atoms with Gasteiger partial charge in [-0.3, -0.25) is 0 Å². The molecule has 0 aliphatic carbocycles. The van der Waals surface area contributed by atoms with E-state index in [1.807, 2.05) is 0 Å². The zero-order valence-corrected chi connectivity index (χ0v) is 12.4. The number of hydrogen-bond acceptors (Lipinski definition) is 2. The molecule has 0 saturated carbocycles. The van der Waals surface area contributed by atoms with Gasteiger partial charge in [0.2, 0.25) is 0 Å². The Morgan fingerprint density at radius 3 is 2.67 bits per heavy atom. The fraction of sp³-hybridized carbons (Fsp3) is 0.538. The van der Waals surface area contributed by atoms with E-state index in [-0.39, 0.29) is 0 Å². The molecule has 0 radical (unpaired) electrons. The third kappa shape index (κ3) is 3.45. The van der Waals surface area contributed by atoms with Gasteiger partial charge in [-0.1, -0.05) is 41.7 Å². The summed E-state index contributed by atoms with van der Waals surface area (Å²) in [7, 11) is 0. The minimum absolute atomic E-state index is 0.331. The number of nitrogens with one attached hydrogen (secondary N) is 1. The predicted molar refractivity (Wildman–Crippen MR) is 78.1 cm³/mol. The van der Waals surface area contributed by atoms with Gasteiger partial charge in [0.25, 0.3) is 0 Å². The lowest BCUT2D eigenvalue weighted by atomic mass is 10.0. The second kappa shape index (κ2) is 6.33. The Balaban J connectivity index is 2.07. The summed E-state index contributed by atoms with van der Waals surface area (Å²) in [6.45, 7) is 2.92. The highest BCUT2D eigenvalue weighted by atomic mass is 35.5. The quantitative estimate of drug-likeness (QED) is 0.792. The van der Waals surface area contributed by atoms with E-state index in [1.54, 1.807) is 12.1 Å². The van der Waals surface area contributed by atoms with Crippen LogP contribution in [0.15, 0.2) is 12.1 Å². The molecular weight excluding hydrogens is 293 g/mol. The molecule has 2 nitrogen and oxygen atoms in total. The molecule has 100 valence electrons. The fourth-order valence-electron chi connectivity index (χ4n) is 2.15. The van der Waals surface area contributed by atoms with Crippen LogP contribution in [-0.2, 0) is 4.74 Å². The van der Waals surface area contributed by atoms with Crippen LogP contribution in [0.3, 0.4) is 0 Å². The Morgan fingerprint density at radius 1 is 1.22 bits per heavy atom. The van der Waals surface area contributed by atoms with Crippen LogP contribution < -0.4 is 5.32 Å². The average molecular weight is 309 g/mol. The third-order valence-corrected chi connectivity index (χ3v) is 4.23. The molecule has 18 heavy (non-hydrogen) atoms. The summed E-state index contributed by atoms with van der Waals surface area (Å²) in [6, 6.07) is 3.82. The first-order chi connectivity index (χ1) is 8.60. The van der Waals surface area contributed by atoms with Crippen LogP contribution in [0, 0.1) is 0 Å². The van der Waals surface area contributed by atoms with Gasteiger partial charge in [-0.15, -0.1) is 0 Å². The van der Waals surface area contributed by atoms with Gasteiger partial charge in [0.15, 0.2) is 0 Å². The molecule has 5 heteroatoms. The van der Waals surface area contributed by atoms with Crippen molar-refractivity contribution in [2.24, 2.45) is 0 Å². The summed E-state index contributed by atoms with van der Waals surface area (Å²) in [5.41, 5.74) is 0.841. The van der Waals surface area contributed by atoms with Crippen LogP contribution >= 0.6 is 34.8 Å². The van der Waals surface area contributed by atoms with Crippen LogP contribution in [0.5, 0.6) is 0 Å². The lowest BCUT2D eigenvalue weighted by Crippen LogP contribution is -2.33. The standard InChI is InChI=1S/C13H16Cl3NO/c1-2-9-5-8(3-4-18-9)17-13-7-11(15)10(14)6-12(13)16/h6-9,17H,2-5H2,1H3. The van der Waals surface area contributed by atoms with Gasteiger partial charge < -0.3 is 10.1 Å². The summed E-state index contributed by atoms with van der Waals surface area (Å²) in [4.78, 5) is 0. The zero-order chi connectivity index (χ0) is 13.1. The van der Waals surface area contributed by atoms with Gasteiger partial charge in [0, 0.05) is 12.6 Å². The number of halogens is 3. The maximum absolute atomic E-state index is 6.15. The van der Waals surface area contributed by atoms with Gasteiger partial charge in [-0.25, -0.2) is 0 Å². The number of ether oxygens (including phenoxy) is 1. The highest BCUT2D eigenvalue weighted by Gasteiger charge is 2.21. The number of hydrogen-bond donors (Lipinski definition) is 1. The minimum atomic E-state index is 0.331. The van der Waals surface area contributed by atoms with Crippen molar-refractivity contribution in [3.63, 3.8) is 0 Å². The number of benzene rings is 1. The van der Waals surface area contributed by atoms with E-state index in [0.29, 0.717) is 27.2 Å². The zero-order valence-electron chi connectivity index (χ0n) is 10.2. The number of rotatable bonds is 3. The van der Waals surface area contributed by atoms with Crippen LogP contribution in [0.25, 0.3) is 0 Å². The predicted octanol–water partition coefficient (Wildman–Crippen LogP) is 5.02. The van der Waals surface area contributed by atoms with Gasteiger partial charge >= 0.3 is 0 Å². The van der Waals surface area contributed by atoms with Crippen molar-refractivity contribution >= 4 is 40.5 Å². The largest absolute Gasteiger partial charge is 0.381 e. The smallest absolute Gasteiger partial charge is 0.0653 e. The molecule has 0 aromatic heterocycles. The molecule has 1 aliphatic rings. The average Bonchev–Trinajstić information content (AvgIpc) is 2.36. The highest BCUT2D eigenvalue weighted by Crippen LogP contribution is 2.33. The monoisotopic (exact) mass is 307 g/mol. The molecule has 2 rings (SSSR count). The van der Waals surface area contributed by atoms with E-state index >= 15 is 0 Å². The molecule has 1 saturated heterocycles. The fourth-order valence-corrected chi connectivity index (χ4v) is 2.75. The Kier molecular flexibility index (Phi) is 5.02. The Bertz CT molecular complexity index is 425. The molecule has 1 aromatic rings. The van der Waals surface area contributed by atoms with Crippen molar-refractivity contribution in [3.05, 3.63) is 27.2 Å². The van der Waals surface area contributed by atoms with Gasteiger partial charge in [0.05, 0.1) is 26.9 Å². The second-order valence-corrected chi connectivity index (χ2v) is 5.73. The van der Waals surface area contributed by atoms with Crippen molar-refractivity contribution in [2.75, 3.05) is 11.9 Å². The molecule has 0 bridgehead atoms. The molecule has 1 aliphatic heterocycles. The van der Waals surface area contributed by atoms with Crippen molar-refractivity contribution in [1.82, 2.24) is 0 Å². The Hall–Kier alpha value is -0.150. The van der Waals surface area contributed by atoms with Crippen LogP contribution in [0.1, 0.15) is 26.2 Å². The summed E-state index contributed by atoms with van der Waals surface area (Å²) in [6.07, 6.45) is 3.34. The van der Waals surface area contributed by atoms with Crippen LogP contribution in [-0.4, -0.2) is 18.8 Å². The van der Waals surface area contributed by atoms with Crippen molar-refractivity contribution in [1.29, 1.82) is 0 Å². The lowest BCUT2D eigenvalue weighted by molar-refractivity contribution is 0.00926. The van der Waals surface area contributed by atoms with Gasteiger partial charge in [-0.05, 0) is 31.4 Å². The van der Waals surface area contributed by atoms with E-state index in [0.717, 1.165) is 31.6 Å². The summed E-state index contributed by atoms with van der Waals surface area (Å²) in [5.74, 6) is 0. The summed E-state index contributed by atoms with van der Waals surface area (Å²) < 4.78 is 5.65. The molecular formula is C13H16Cl3NO. The van der Waals surface area contributed by atoms with E-state index < -0.39 is 0 Å². The molecule has 1 fully saturated rings. The third-order valence-electron chi connectivity index (χ3n) is 3.19. The normalized spacial score (nSPS) is 24.0. The molecule has 1 N–H and O–H groups in total. The minimum Gasteiger partial charge on any atom is -0.381 e. The maximum Gasteiger partial charge on any atom is 0.0653 e. The van der Waals surface area contributed by atoms with Gasteiger partial charge in [0.1, 0.15) is 0 Å². The molecule has 2 unspecified atom stereocenters. The maximum atomic E-state index is 6.15. The topological polar surface area (TPSA) is 21.3 Å². The molecule has 1 aromatic carbocycles. The van der Waals surface area contributed by atoms with E-state index in [9.17, 15) is 0 Å². The molecule has 0 amide bonds. The van der Waals surface area contributed by atoms with Crippen molar-refractivity contribution in [3.8, 4) is 0 Å². The first-order valence-corrected chi connectivity index (χ1v) is 7.26. The highest BCUT2D eigenvalue weighted by molar-refractivity contribution is 6.44. The summed E-state index contributed by atoms with van der Waals surface area (Å²) >= 11 is 18.1. The molecule has 1 heterocycles. The Morgan fingerprint density at radius 2 is 1.94 bits per heavy atom. The second-order valence-electron chi connectivity index (χ2n) is 4.51. The van der Waals surface area contributed by atoms with Crippen molar-refractivity contribution in [2.45, 2.75) is 38.3 Å². The van der Waals surface area contributed by atoms with Crippen molar-refractivity contribution < 1.29 is 4.74 Å². The van der Waals surface area contributed by atoms with Crippen LogP contribution in [0.2, 0.25) is 15.1 Å². The van der Waals surface area contributed by atoms with Gasteiger partial charge in [-0.2, -0.15) is 0 Å². The van der Waals surface area contributed by atoms with Crippen LogP contribution in [0.4, 0.5) is 5.69 Å². The molecule has 0 spiro atoms. The van der Waals surface area contributed by atoms with E-state index in [2.05, 4.69) is 12.2 Å². The van der Waals surface area contributed by atoms with E-state index in [1.165, 1.54) is 0 Å². The SMILES string of the molecule is CCC1CC(Nc2cc(Cl)c(Cl)cc2Cl)CCO1. The molecule has 2 atom stereocenters. The first-order valence-electron chi connectivity index (χ1n) is 6.12. The Labute approximate surface area is 123 Å². The summed E-state index contributed by atoms with van der Waals surface area (Å²) in [5, 5.41) is 5.02. The van der Waals surface area contributed by atoms with E-state index in [4.69, 9.17) is 39.5 Å². The lowest BCUT2D eigenvalue weighted by Gasteiger charge is -2.30. The first kappa shape index (κ1) is 14.3.